The molecule has 1 aromatic carbocycles. The van der Waals surface area contributed by atoms with E-state index in [4.69, 9.17) is 4.74 Å². The smallest absolute Gasteiger partial charge is 0.270 e. The number of hydrogen-bond donors (Lipinski definition) is 2. The van der Waals surface area contributed by atoms with Gasteiger partial charge in [0.05, 0.1) is 12.3 Å². The van der Waals surface area contributed by atoms with Crippen LogP contribution in [0.15, 0.2) is 48.8 Å². The van der Waals surface area contributed by atoms with E-state index in [0.29, 0.717) is 35.9 Å². The van der Waals surface area contributed by atoms with E-state index >= 15 is 0 Å². The average molecular weight is 362 g/mol. The number of para-hydroxylation sites is 1. The molecule has 0 atom stereocenters. The zero-order chi connectivity index (χ0) is 18.8. The molecule has 0 unspecified atom stereocenters. The van der Waals surface area contributed by atoms with E-state index in [0.717, 1.165) is 11.9 Å². The molecular weight excluding hydrogens is 340 g/mol. The van der Waals surface area contributed by atoms with Crippen LogP contribution in [-0.4, -0.2) is 33.4 Å². The van der Waals surface area contributed by atoms with E-state index in [2.05, 4.69) is 27.4 Å². The van der Waals surface area contributed by atoms with Crippen LogP contribution in [-0.2, 0) is 6.42 Å². The Bertz CT molecular complexity index is 1110. The van der Waals surface area contributed by atoms with Crippen molar-refractivity contribution in [1.29, 1.82) is 0 Å². The lowest BCUT2D eigenvalue weighted by atomic mass is 10.1. The fraction of sp³-hybridized carbons (Fsp3) is 0.238. The van der Waals surface area contributed by atoms with E-state index in [1.165, 1.54) is 10.9 Å². The van der Waals surface area contributed by atoms with Gasteiger partial charge in [-0.1, -0.05) is 18.2 Å². The Kier molecular flexibility index (Phi) is 4.54. The number of benzene rings is 1. The fourth-order valence-corrected chi connectivity index (χ4v) is 3.43. The predicted octanol–water partition coefficient (Wildman–Crippen LogP) is 3.50. The van der Waals surface area contributed by atoms with Crippen LogP contribution in [0.2, 0.25) is 0 Å². The summed E-state index contributed by atoms with van der Waals surface area (Å²) in [6.45, 7) is 4.88. The topological polar surface area (TPSA) is 71.4 Å². The summed E-state index contributed by atoms with van der Waals surface area (Å²) < 4.78 is 7.41. The van der Waals surface area contributed by atoms with E-state index in [1.807, 2.05) is 50.5 Å². The molecule has 0 saturated heterocycles. The van der Waals surface area contributed by atoms with Gasteiger partial charge in [0.25, 0.3) is 5.91 Å². The highest BCUT2D eigenvalue weighted by atomic mass is 16.5. The van der Waals surface area contributed by atoms with Crippen LogP contribution in [0.25, 0.3) is 16.6 Å². The summed E-state index contributed by atoms with van der Waals surface area (Å²) in [7, 11) is 0. The first-order valence-corrected chi connectivity index (χ1v) is 9.12. The molecule has 0 aliphatic rings. The summed E-state index contributed by atoms with van der Waals surface area (Å²) in [4.78, 5) is 20.6. The Labute approximate surface area is 157 Å². The number of imidazole rings is 1. The Morgan fingerprint density at radius 2 is 2.11 bits per heavy atom. The highest BCUT2D eigenvalue weighted by Crippen LogP contribution is 2.22. The number of aromatic nitrogens is 3. The molecule has 1 amide bonds. The lowest BCUT2D eigenvalue weighted by molar-refractivity contribution is 0.0947. The molecule has 0 bridgehead atoms. The average Bonchev–Trinajstić information content (AvgIpc) is 3.23. The highest BCUT2D eigenvalue weighted by molar-refractivity contribution is 5.95. The number of hydrogen-bond acceptors (Lipinski definition) is 3. The lowest BCUT2D eigenvalue weighted by Crippen LogP contribution is -2.27. The highest BCUT2D eigenvalue weighted by Gasteiger charge is 2.18. The molecule has 138 valence electrons. The van der Waals surface area contributed by atoms with Gasteiger partial charge in [0.15, 0.2) is 11.4 Å². The van der Waals surface area contributed by atoms with Gasteiger partial charge in [-0.15, -0.1) is 0 Å². The second-order valence-corrected chi connectivity index (χ2v) is 6.41. The second kappa shape index (κ2) is 7.15. The minimum atomic E-state index is -0.131. The Morgan fingerprint density at radius 1 is 1.26 bits per heavy atom. The Morgan fingerprint density at radius 3 is 2.96 bits per heavy atom. The third-order valence-electron chi connectivity index (χ3n) is 4.66. The van der Waals surface area contributed by atoms with Gasteiger partial charge in [-0.05, 0) is 44.0 Å². The molecule has 3 heterocycles. The molecule has 6 nitrogen and oxygen atoms in total. The van der Waals surface area contributed by atoms with Crippen LogP contribution in [0.1, 0.15) is 28.7 Å². The van der Waals surface area contributed by atoms with Crippen LogP contribution < -0.4 is 10.1 Å². The molecule has 4 rings (SSSR count). The number of aryl methyl sites for hydroxylation is 1. The molecule has 2 N–H and O–H groups in total. The Balaban J connectivity index is 1.51. The quantitative estimate of drug-likeness (QED) is 0.551. The molecule has 0 fully saturated rings. The van der Waals surface area contributed by atoms with Crippen molar-refractivity contribution in [2.75, 3.05) is 13.2 Å². The maximum Gasteiger partial charge on any atom is 0.270 e. The van der Waals surface area contributed by atoms with Crippen LogP contribution in [0.5, 0.6) is 5.75 Å². The molecule has 6 heteroatoms. The first-order chi connectivity index (χ1) is 13.2. The van der Waals surface area contributed by atoms with Crippen molar-refractivity contribution >= 4 is 22.5 Å². The van der Waals surface area contributed by atoms with Gasteiger partial charge < -0.3 is 15.0 Å². The zero-order valence-electron chi connectivity index (χ0n) is 15.5. The SMILES string of the molecule is CCOc1cccn2c(C(=O)NCCc3c[nH]c4ccccc34)c(C)nc12. The third-order valence-corrected chi connectivity index (χ3v) is 4.66. The number of carbonyl (C=O) groups excluding carboxylic acids is 1. The largest absolute Gasteiger partial charge is 0.490 e. The molecule has 0 radical (unpaired) electrons. The van der Waals surface area contributed by atoms with Gasteiger partial charge in [-0.3, -0.25) is 9.20 Å². The molecule has 3 aromatic heterocycles. The number of fused-ring (bicyclic) bond motifs is 2. The summed E-state index contributed by atoms with van der Waals surface area (Å²) in [6, 6.07) is 11.9. The van der Waals surface area contributed by atoms with Crippen molar-refractivity contribution in [3.8, 4) is 5.75 Å². The molecule has 0 saturated carbocycles. The number of ether oxygens (including phenoxy) is 1. The van der Waals surface area contributed by atoms with Gasteiger partial charge in [0.1, 0.15) is 5.69 Å². The molecule has 27 heavy (non-hydrogen) atoms. The monoisotopic (exact) mass is 362 g/mol. The number of amides is 1. The van der Waals surface area contributed by atoms with E-state index < -0.39 is 0 Å². The van der Waals surface area contributed by atoms with Crippen LogP contribution in [0, 0.1) is 6.92 Å². The van der Waals surface area contributed by atoms with Crippen molar-refractivity contribution in [2.24, 2.45) is 0 Å². The van der Waals surface area contributed by atoms with Crippen molar-refractivity contribution in [3.63, 3.8) is 0 Å². The zero-order valence-corrected chi connectivity index (χ0v) is 15.5. The van der Waals surface area contributed by atoms with Crippen molar-refractivity contribution in [1.82, 2.24) is 19.7 Å². The normalized spacial score (nSPS) is 11.2. The number of nitrogens with zero attached hydrogens (tertiary/aromatic N) is 2. The van der Waals surface area contributed by atoms with Gasteiger partial charge >= 0.3 is 0 Å². The minimum Gasteiger partial charge on any atom is -0.490 e. The third kappa shape index (κ3) is 3.14. The number of pyridine rings is 1. The molecule has 4 aromatic rings. The standard InChI is InChI=1S/C21H22N4O2/c1-3-27-18-9-6-12-25-19(14(2)24-20(18)25)21(26)22-11-10-15-13-23-17-8-5-4-7-16(15)17/h4-9,12-13,23H,3,10-11H2,1-2H3,(H,22,26). The minimum absolute atomic E-state index is 0.131. The first kappa shape index (κ1) is 17.1. The van der Waals surface area contributed by atoms with Gasteiger partial charge in [-0.2, -0.15) is 0 Å². The van der Waals surface area contributed by atoms with Gasteiger partial charge in [0.2, 0.25) is 0 Å². The number of nitrogens with one attached hydrogen (secondary N) is 2. The van der Waals surface area contributed by atoms with Crippen LogP contribution in [0.3, 0.4) is 0 Å². The molecule has 0 aliphatic heterocycles. The predicted molar refractivity (Wildman–Crippen MR) is 105 cm³/mol. The lowest BCUT2D eigenvalue weighted by Gasteiger charge is -2.07. The molecule has 0 spiro atoms. The Hall–Kier alpha value is -3.28. The van der Waals surface area contributed by atoms with Crippen molar-refractivity contribution < 1.29 is 9.53 Å². The van der Waals surface area contributed by atoms with Crippen LogP contribution in [0.4, 0.5) is 0 Å². The van der Waals surface area contributed by atoms with Crippen molar-refractivity contribution in [3.05, 3.63) is 65.7 Å². The number of H-pyrrole nitrogens is 1. The maximum absolute atomic E-state index is 12.8. The number of rotatable bonds is 6. The number of aromatic amines is 1. The maximum atomic E-state index is 12.8. The van der Waals surface area contributed by atoms with E-state index in [1.54, 1.807) is 4.40 Å². The molecular formula is C21H22N4O2. The van der Waals surface area contributed by atoms with E-state index in [9.17, 15) is 4.79 Å². The molecule has 0 aliphatic carbocycles. The van der Waals surface area contributed by atoms with Crippen molar-refractivity contribution in [2.45, 2.75) is 20.3 Å². The second-order valence-electron chi connectivity index (χ2n) is 6.41. The summed E-state index contributed by atoms with van der Waals surface area (Å²) >= 11 is 0. The summed E-state index contributed by atoms with van der Waals surface area (Å²) in [6.07, 6.45) is 4.60. The summed E-state index contributed by atoms with van der Waals surface area (Å²) in [5.41, 5.74) is 4.20. The van der Waals surface area contributed by atoms with Crippen LogP contribution >= 0.6 is 0 Å². The fourth-order valence-electron chi connectivity index (χ4n) is 3.43. The first-order valence-electron chi connectivity index (χ1n) is 9.12. The van der Waals surface area contributed by atoms with Gasteiger partial charge in [0, 0.05) is 29.8 Å². The van der Waals surface area contributed by atoms with Gasteiger partial charge in [-0.25, -0.2) is 4.98 Å². The van der Waals surface area contributed by atoms with E-state index in [-0.39, 0.29) is 5.91 Å². The number of carbonyl (C=O) groups is 1. The summed E-state index contributed by atoms with van der Waals surface area (Å²) in [5.74, 6) is 0.550. The summed E-state index contributed by atoms with van der Waals surface area (Å²) in [5, 5.41) is 4.21.